The van der Waals surface area contributed by atoms with Gasteiger partial charge in [0, 0.05) is 23.0 Å². The van der Waals surface area contributed by atoms with Crippen LogP contribution in [0.25, 0.3) is 16.6 Å². The van der Waals surface area contributed by atoms with Crippen molar-refractivity contribution in [3.8, 4) is 22.9 Å². The van der Waals surface area contributed by atoms with Crippen molar-refractivity contribution in [3.05, 3.63) is 65.8 Å². The van der Waals surface area contributed by atoms with Crippen LogP contribution in [0.1, 0.15) is 41.9 Å². The Balaban J connectivity index is 0.00000289. The highest BCUT2D eigenvalue weighted by Gasteiger charge is 2.23. The number of nitrogens with one attached hydrogen (secondary N) is 1. The maximum Gasteiger partial charge on any atom is 0.163 e. The van der Waals surface area contributed by atoms with Crippen molar-refractivity contribution in [3.63, 3.8) is 0 Å². The standard InChI is InChI=1S/C24H24FN7O2.ClH/c1-15-20(12-30-32(15)19-4-6-27-7-5-19)16-8-22(24-17(9-26)10-29-31(24)13-16)34-23(14-33)21-3-2-18(25)11-28-21;/h2-3,8,10-13,19,23,27,33H,4-7,14H2,1H3;1H. The minimum atomic E-state index is -0.848. The van der Waals surface area contributed by atoms with Crippen LogP contribution < -0.4 is 10.1 Å². The van der Waals surface area contributed by atoms with Gasteiger partial charge in [-0.15, -0.1) is 12.4 Å². The fourth-order valence-electron chi connectivity index (χ4n) is 4.45. The third-order valence-corrected chi connectivity index (χ3v) is 6.22. The number of aliphatic hydroxyl groups excluding tert-OH is 1. The fourth-order valence-corrected chi connectivity index (χ4v) is 4.45. The monoisotopic (exact) mass is 497 g/mol. The van der Waals surface area contributed by atoms with Crippen LogP contribution in [-0.2, 0) is 0 Å². The Kier molecular flexibility index (Phi) is 7.31. The lowest BCUT2D eigenvalue weighted by molar-refractivity contribution is 0.114. The smallest absolute Gasteiger partial charge is 0.163 e. The van der Waals surface area contributed by atoms with E-state index in [0.717, 1.165) is 48.9 Å². The summed E-state index contributed by atoms with van der Waals surface area (Å²) in [7, 11) is 0. The van der Waals surface area contributed by atoms with Crippen LogP contribution in [0.5, 0.6) is 5.75 Å². The number of nitrogens with zero attached hydrogens (tertiary/aromatic N) is 6. The molecule has 1 unspecified atom stereocenters. The highest BCUT2D eigenvalue weighted by atomic mass is 35.5. The van der Waals surface area contributed by atoms with E-state index in [0.29, 0.717) is 28.6 Å². The summed E-state index contributed by atoms with van der Waals surface area (Å²) in [6.07, 6.45) is 7.41. The first-order valence-electron chi connectivity index (χ1n) is 11.1. The molecule has 5 heterocycles. The zero-order chi connectivity index (χ0) is 23.7. The average Bonchev–Trinajstić information content (AvgIpc) is 3.46. The molecule has 0 aromatic carbocycles. The first-order valence-corrected chi connectivity index (χ1v) is 11.1. The largest absolute Gasteiger partial charge is 0.479 e. The van der Waals surface area contributed by atoms with Gasteiger partial charge in [0.25, 0.3) is 0 Å². The molecular formula is C24H25ClFN7O2. The van der Waals surface area contributed by atoms with Gasteiger partial charge in [-0.1, -0.05) is 0 Å². The second-order valence-corrected chi connectivity index (χ2v) is 8.32. The third-order valence-electron chi connectivity index (χ3n) is 6.22. The van der Waals surface area contributed by atoms with Gasteiger partial charge in [-0.05, 0) is 51.1 Å². The highest BCUT2D eigenvalue weighted by Crippen LogP contribution is 2.35. The molecule has 1 aliphatic heterocycles. The van der Waals surface area contributed by atoms with Crippen molar-refractivity contribution in [2.24, 2.45) is 0 Å². The Hall–Kier alpha value is -3.52. The first kappa shape index (κ1) is 24.6. The Bertz CT molecular complexity index is 1360. The molecule has 0 bridgehead atoms. The number of hydrogen-bond acceptors (Lipinski definition) is 7. The number of aliphatic hydroxyl groups is 1. The molecule has 9 nitrogen and oxygen atoms in total. The lowest BCUT2D eigenvalue weighted by atomic mass is 10.0. The van der Waals surface area contributed by atoms with E-state index in [1.165, 1.54) is 18.3 Å². The van der Waals surface area contributed by atoms with Gasteiger partial charge in [0.05, 0.1) is 36.9 Å². The summed E-state index contributed by atoms with van der Waals surface area (Å²) < 4.78 is 23.2. The van der Waals surface area contributed by atoms with E-state index in [9.17, 15) is 14.8 Å². The van der Waals surface area contributed by atoms with Crippen LogP contribution in [0.4, 0.5) is 4.39 Å². The number of pyridine rings is 2. The minimum absolute atomic E-state index is 0. The van der Waals surface area contributed by atoms with Crippen LogP contribution in [0, 0.1) is 24.1 Å². The quantitative estimate of drug-likeness (QED) is 0.420. The first-order chi connectivity index (χ1) is 16.6. The molecule has 0 aliphatic carbocycles. The van der Waals surface area contributed by atoms with Gasteiger partial charge in [0.15, 0.2) is 6.10 Å². The summed E-state index contributed by atoms with van der Waals surface area (Å²) >= 11 is 0. The van der Waals surface area contributed by atoms with Crippen LogP contribution in [-0.4, -0.2) is 49.2 Å². The number of nitriles is 1. The molecule has 1 atom stereocenters. The number of aromatic nitrogens is 5. The molecule has 2 N–H and O–H groups in total. The van der Waals surface area contributed by atoms with Crippen molar-refractivity contribution in [1.82, 2.24) is 29.7 Å². The predicted molar refractivity (Wildman–Crippen MR) is 129 cm³/mol. The number of halogens is 2. The molecule has 1 fully saturated rings. The summed E-state index contributed by atoms with van der Waals surface area (Å²) in [5.41, 5.74) is 3.98. The maximum atomic E-state index is 13.3. The van der Waals surface area contributed by atoms with Gasteiger partial charge in [0.1, 0.15) is 28.7 Å². The van der Waals surface area contributed by atoms with Crippen LogP contribution in [0.2, 0.25) is 0 Å². The Morgan fingerprint density at radius 2 is 2.06 bits per heavy atom. The van der Waals surface area contributed by atoms with Crippen molar-refractivity contribution in [2.75, 3.05) is 19.7 Å². The number of fused-ring (bicyclic) bond motifs is 1. The van der Waals surface area contributed by atoms with Gasteiger partial charge in [-0.3, -0.25) is 9.67 Å². The molecule has 182 valence electrons. The molecular weight excluding hydrogens is 473 g/mol. The molecule has 4 aromatic rings. The number of rotatable bonds is 6. The summed E-state index contributed by atoms with van der Waals surface area (Å²) in [6.45, 7) is 3.59. The molecule has 0 amide bonds. The van der Waals surface area contributed by atoms with E-state index in [4.69, 9.17) is 4.74 Å². The molecule has 1 aliphatic rings. The van der Waals surface area contributed by atoms with E-state index in [1.54, 1.807) is 4.52 Å². The van der Waals surface area contributed by atoms with Gasteiger partial charge >= 0.3 is 0 Å². The molecule has 0 spiro atoms. The molecule has 35 heavy (non-hydrogen) atoms. The fraction of sp³-hybridized carbons (Fsp3) is 0.333. The Labute approximate surface area is 207 Å². The normalized spacial score (nSPS) is 14.9. The summed E-state index contributed by atoms with van der Waals surface area (Å²) in [6, 6.07) is 7.02. The Morgan fingerprint density at radius 1 is 1.26 bits per heavy atom. The maximum absolute atomic E-state index is 13.3. The van der Waals surface area contributed by atoms with E-state index < -0.39 is 11.9 Å². The highest BCUT2D eigenvalue weighted by molar-refractivity contribution is 5.85. The lowest BCUT2D eigenvalue weighted by Crippen LogP contribution is -2.30. The van der Waals surface area contributed by atoms with Crippen LogP contribution in [0.15, 0.2) is 43.0 Å². The third kappa shape index (κ3) is 4.71. The second kappa shape index (κ2) is 10.4. The number of hydrogen-bond donors (Lipinski definition) is 2. The molecule has 0 saturated carbocycles. The van der Waals surface area contributed by atoms with Gasteiger partial charge in [-0.25, -0.2) is 8.91 Å². The zero-order valence-corrected chi connectivity index (χ0v) is 19.9. The van der Waals surface area contributed by atoms with Gasteiger partial charge < -0.3 is 15.2 Å². The zero-order valence-electron chi connectivity index (χ0n) is 19.1. The van der Waals surface area contributed by atoms with E-state index in [1.807, 2.05) is 25.4 Å². The van der Waals surface area contributed by atoms with Crippen molar-refractivity contribution in [2.45, 2.75) is 31.9 Å². The second-order valence-electron chi connectivity index (χ2n) is 8.32. The van der Waals surface area contributed by atoms with Gasteiger partial charge in [0.2, 0.25) is 0 Å². The van der Waals surface area contributed by atoms with Gasteiger partial charge in [-0.2, -0.15) is 15.5 Å². The average molecular weight is 498 g/mol. The van der Waals surface area contributed by atoms with E-state index in [2.05, 4.69) is 31.2 Å². The van der Waals surface area contributed by atoms with E-state index in [-0.39, 0.29) is 19.0 Å². The topological polar surface area (TPSA) is 113 Å². The molecule has 4 aromatic heterocycles. The Morgan fingerprint density at radius 3 is 2.74 bits per heavy atom. The summed E-state index contributed by atoms with van der Waals surface area (Å²) in [4.78, 5) is 4.04. The predicted octanol–water partition coefficient (Wildman–Crippen LogP) is 3.37. The van der Waals surface area contributed by atoms with Crippen molar-refractivity contribution in [1.29, 1.82) is 5.26 Å². The summed E-state index contributed by atoms with van der Waals surface area (Å²) in [5.74, 6) is -0.112. The van der Waals surface area contributed by atoms with E-state index >= 15 is 0 Å². The molecule has 1 saturated heterocycles. The van der Waals surface area contributed by atoms with Crippen LogP contribution in [0.3, 0.4) is 0 Å². The molecule has 0 radical (unpaired) electrons. The lowest BCUT2D eigenvalue weighted by Gasteiger charge is -2.24. The van der Waals surface area contributed by atoms with Crippen molar-refractivity contribution < 1.29 is 14.2 Å². The molecule has 11 heteroatoms. The van der Waals surface area contributed by atoms with Crippen molar-refractivity contribution >= 4 is 17.9 Å². The summed E-state index contributed by atoms with van der Waals surface area (Å²) in [5, 5.41) is 31.9. The number of piperidine rings is 1. The molecule has 5 rings (SSSR count). The SMILES string of the molecule is Cc1c(-c2cc(OC(CO)c3ccc(F)cn3)c3c(C#N)cnn3c2)cnn1C1CCNCC1.Cl. The van der Waals surface area contributed by atoms with Crippen LogP contribution >= 0.6 is 12.4 Å². The minimum Gasteiger partial charge on any atom is -0.479 e. The number of ether oxygens (including phenoxy) is 1.